The van der Waals surface area contributed by atoms with E-state index in [1.807, 2.05) is 11.8 Å². The fraction of sp³-hybridized carbons (Fsp3) is 0.533. The van der Waals surface area contributed by atoms with Gasteiger partial charge in [-0.3, -0.25) is 14.9 Å². The number of carbonyl (C=O) groups excluding carboxylic acids is 1. The van der Waals surface area contributed by atoms with E-state index in [2.05, 4.69) is 12.2 Å². The van der Waals surface area contributed by atoms with Gasteiger partial charge in [-0.1, -0.05) is 13.3 Å². The molecule has 2 unspecified atom stereocenters. The summed E-state index contributed by atoms with van der Waals surface area (Å²) in [5, 5.41) is 14.5. The molecular formula is C15H21N3O3S. The molecule has 120 valence electrons. The molecule has 0 spiro atoms. The lowest BCUT2D eigenvalue weighted by molar-refractivity contribution is -0.383. The molecule has 0 bridgehead atoms. The lowest BCUT2D eigenvalue weighted by atomic mass is 9.94. The molecular weight excluding hydrogens is 302 g/mol. The number of nitro groups is 1. The van der Waals surface area contributed by atoms with Gasteiger partial charge >= 0.3 is 0 Å². The summed E-state index contributed by atoms with van der Waals surface area (Å²) in [5.41, 5.74) is 5.68. The number of nitrogens with one attached hydrogen (secondary N) is 1. The molecule has 7 heteroatoms. The van der Waals surface area contributed by atoms with E-state index in [1.165, 1.54) is 24.6 Å². The predicted molar refractivity (Wildman–Crippen MR) is 89.2 cm³/mol. The van der Waals surface area contributed by atoms with Crippen LogP contribution in [0.5, 0.6) is 0 Å². The van der Waals surface area contributed by atoms with Crippen LogP contribution in [0.15, 0.2) is 18.2 Å². The number of nitrogens with zero attached hydrogens (tertiary/aromatic N) is 1. The molecule has 0 heterocycles. The second kappa shape index (κ2) is 7.49. The van der Waals surface area contributed by atoms with Crippen molar-refractivity contribution in [3.05, 3.63) is 33.9 Å². The van der Waals surface area contributed by atoms with Crippen LogP contribution < -0.4 is 11.1 Å². The van der Waals surface area contributed by atoms with Gasteiger partial charge in [-0.05, 0) is 37.1 Å². The molecule has 1 aliphatic rings. The van der Waals surface area contributed by atoms with E-state index < -0.39 is 4.92 Å². The fourth-order valence-corrected chi connectivity index (χ4v) is 3.95. The van der Waals surface area contributed by atoms with Crippen LogP contribution in [-0.4, -0.2) is 27.9 Å². The normalized spacial score (nSPS) is 21.3. The van der Waals surface area contributed by atoms with Gasteiger partial charge in [0.15, 0.2) is 0 Å². The van der Waals surface area contributed by atoms with Crippen LogP contribution in [-0.2, 0) is 0 Å². The number of nitrogens with two attached hydrogens (primary N) is 1. The summed E-state index contributed by atoms with van der Waals surface area (Å²) >= 11 is 1.93. The first kappa shape index (κ1) is 16.6. The topological polar surface area (TPSA) is 98.3 Å². The minimum Gasteiger partial charge on any atom is -0.393 e. The summed E-state index contributed by atoms with van der Waals surface area (Å²) in [7, 11) is 0. The van der Waals surface area contributed by atoms with E-state index in [-0.39, 0.29) is 28.9 Å². The van der Waals surface area contributed by atoms with Crippen molar-refractivity contribution in [2.75, 3.05) is 11.5 Å². The number of hydrogen-bond donors (Lipinski definition) is 2. The van der Waals surface area contributed by atoms with E-state index in [1.54, 1.807) is 0 Å². The van der Waals surface area contributed by atoms with Crippen LogP contribution >= 0.6 is 11.8 Å². The van der Waals surface area contributed by atoms with Crippen molar-refractivity contribution in [3.63, 3.8) is 0 Å². The maximum atomic E-state index is 12.3. The quantitative estimate of drug-likeness (QED) is 0.493. The summed E-state index contributed by atoms with van der Waals surface area (Å²) < 4.78 is 0. The van der Waals surface area contributed by atoms with E-state index in [0.717, 1.165) is 25.0 Å². The van der Waals surface area contributed by atoms with Gasteiger partial charge < -0.3 is 11.1 Å². The van der Waals surface area contributed by atoms with Crippen LogP contribution in [0.3, 0.4) is 0 Å². The van der Waals surface area contributed by atoms with E-state index >= 15 is 0 Å². The molecule has 3 N–H and O–H groups in total. The van der Waals surface area contributed by atoms with E-state index in [4.69, 9.17) is 5.73 Å². The summed E-state index contributed by atoms with van der Waals surface area (Å²) in [5.74, 6) is 0.811. The van der Waals surface area contributed by atoms with Crippen molar-refractivity contribution in [1.29, 1.82) is 0 Å². The van der Waals surface area contributed by atoms with Crippen LogP contribution in [0, 0.1) is 10.1 Å². The second-order valence-corrected chi connectivity index (χ2v) is 7.02. The van der Waals surface area contributed by atoms with Crippen molar-refractivity contribution in [2.45, 2.75) is 43.9 Å². The minimum atomic E-state index is -0.569. The van der Waals surface area contributed by atoms with Gasteiger partial charge in [-0.25, -0.2) is 0 Å². The SMILES string of the molecule is CCSC1CCCC(NC(=O)c2ccc(N)c([N+](=O)[O-])c2)C1. The molecule has 1 saturated carbocycles. The zero-order valence-electron chi connectivity index (χ0n) is 12.6. The van der Waals surface area contributed by atoms with Gasteiger partial charge in [0.1, 0.15) is 5.69 Å². The molecule has 6 nitrogen and oxygen atoms in total. The summed E-state index contributed by atoms with van der Waals surface area (Å²) in [6.07, 6.45) is 4.22. The Balaban J connectivity index is 2.03. The van der Waals surface area contributed by atoms with Gasteiger partial charge in [-0.15, -0.1) is 0 Å². The van der Waals surface area contributed by atoms with Crippen LogP contribution in [0.4, 0.5) is 11.4 Å². The Kier molecular flexibility index (Phi) is 5.65. The van der Waals surface area contributed by atoms with Gasteiger partial charge in [0, 0.05) is 22.9 Å². The fourth-order valence-electron chi connectivity index (χ4n) is 2.77. The van der Waals surface area contributed by atoms with E-state index in [9.17, 15) is 14.9 Å². The zero-order chi connectivity index (χ0) is 16.1. The highest BCUT2D eigenvalue weighted by atomic mass is 32.2. The Labute approximate surface area is 134 Å². The first-order valence-corrected chi connectivity index (χ1v) is 8.52. The zero-order valence-corrected chi connectivity index (χ0v) is 13.4. The Morgan fingerprint density at radius 3 is 2.95 bits per heavy atom. The van der Waals surface area contributed by atoms with Crippen molar-refractivity contribution < 1.29 is 9.72 Å². The molecule has 1 aliphatic carbocycles. The second-order valence-electron chi connectivity index (χ2n) is 5.45. The first-order valence-electron chi connectivity index (χ1n) is 7.47. The number of rotatable bonds is 5. The molecule has 0 radical (unpaired) electrons. The van der Waals surface area contributed by atoms with Crippen molar-refractivity contribution in [1.82, 2.24) is 5.32 Å². The highest BCUT2D eigenvalue weighted by Crippen LogP contribution is 2.29. The lowest BCUT2D eigenvalue weighted by Crippen LogP contribution is -2.39. The molecule has 0 aromatic heterocycles. The maximum Gasteiger partial charge on any atom is 0.292 e. The van der Waals surface area contributed by atoms with Crippen LogP contribution in [0.2, 0.25) is 0 Å². The molecule has 1 amide bonds. The van der Waals surface area contributed by atoms with Crippen molar-refractivity contribution in [2.24, 2.45) is 0 Å². The third-order valence-electron chi connectivity index (χ3n) is 3.85. The van der Waals surface area contributed by atoms with Crippen LogP contribution in [0.1, 0.15) is 43.0 Å². The molecule has 0 saturated heterocycles. The van der Waals surface area contributed by atoms with Crippen molar-refractivity contribution >= 4 is 29.0 Å². The summed E-state index contributed by atoms with van der Waals surface area (Å²) in [4.78, 5) is 22.6. The Morgan fingerprint density at radius 2 is 2.27 bits per heavy atom. The summed E-state index contributed by atoms with van der Waals surface area (Å²) in [6.45, 7) is 2.14. The molecule has 1 aromatic rings. The highest BCUT2D eigenvalue weighted by Gasteiger charge is 2.24. The number of amides is 1. The van der Waals surface area contributed by atoms with E-state index in [0.29, 0.717) is 5.25 Å². The Bertz CT molecular complexity index is 563. The number of carbonyl (C=O) groups is 1. The average Bonchev–Trinajstić information content (AvgIpc) is 2.48. The number of nitro benzene ring substituents is 1. The average molecular weight is 323 g/mol. The lowest BCUT2D eigenvalue weighted by Gasteiger charge is -2.29. The number of hydrogen-bond acceptors (Lipinski definition) is 5. The minimum absolute atomic E-state index is 0.0682. The van der Waals surface area contributed by atoms with Crippen LogP contribution in [0.25, 0.3) is 0 Å². The Hall–Kier alpha value is -1.76. The number of anilines is 1. The van der Waals surface area contributed by atoms with Gasteiger partial charge in [0.2, 0.25) is 0 Å². The first-order chi connectivity index (χ1) is 10.5. The van der Waals surface area contributed by atoms with Gasteiger partial charge in [0.05, 0.1) is 4.92 Å². The number of benzene rings is 1. The monoisotopic (exact) mass is 323 g/mol. The molecule has 2 rings (SSSR count). The molecule has 0 aliphatic heterocycles. The predicted octanol–water partition coefficient (Wildman–Crippen LogP) is 2.97. The molecule has 1 fully saturated rings. The van der Waals surface area contributed by atoms with Gasteiger partial charge in [-0.2, -0.15) is 11.8 Å². The number of thioether (sulfide) groups is 1. The molecule has 22 heavy (non-hydrogen) atoms. The molecule has 1 aromatic carbocycles. The standard InChI is InChI=1S/C15H21N3O3S/c1-2-22-12-5-3-4-11(9-12)17-15(19)10-6-7-13(16)14(8-10)18(20)21/h6-8,11-12H,2-5,9,16H2,1H3,(H,17,19). The third-order valence-corrected chi connectivity index (χ3v) is 5.09. The third kappa shape index (κ3) is 4.13. The smallest absolute Gasteiger partial charge is 0.292 e. The summed E-state index contributed by atoms with van der Waals surface area (Å²) in [6, 6.07) is 4.32. The molecule has 2 atom stereocenters. The maximum absolute atomic E-state index is 12.3. The van der Waals surface area contributed by atoms with Crippen molar-refractivity contribution in [3.8, 4) is 0 Å². The number of nitrogen functional groups attached to an aromatic ring is 1. The largest absolute Gasteiger partial charge is 0.393 e. The van der Waals surface area contributed by atoms with Gasteiger partial charge in [0.25, 0.3) is 11.6 Å². The Morgan fingerprint density at radius 1 is 1.50 bits per heavy atom. The highest BCUT2D eigenvalue weighted by molar-refractivity contribution is 7.99.